The maximum atomic E-state index is 13.8. The van der Waals surface area contributed by atoms with Crippen LogP contribution in [0, 0.1) is 11.8 Å². The molecule has 51 heavy (non-hydrogen) atoms. The fraction of sp³-hybridized carbons (Fsp3) is 0.606. The van der Waals surface area contributed by atoms with Crippen LogP contribution in [0.25, 0.3) is 0 Å². The molecule has 0 saturated carbocycles. The van der Waals surface area contributed by atoms with Crippen LogP contribution in [0.1, 0.15) is 59.4 Å². The number of phenols is 1. The quantitative estimate of drug-likeness (QED) is 0.0386. The second-order valence-electron chi connectivity index (χ2n) is 12.9. The fourth-order valence-electron chi connectivity index (χ4n) is 4.73. The molecular formula is C33H55N9O8S. The van der Waals surface area contributed by atoms with Gasteiger partial charge in [0, 0.05) is 13.0 Å². The molecule has 0 unspecified atom stereocenters. The Morgan fingerprint density at radius 2 is 1.27 bits per heavy atom. The summed E-state index contributed by atoms with van der Waals surface area (Å²) in [5, 5.41) is 32.3. The van der Waals surface area contributed by atoms with E-state index in [2.05, 4.69) is 31.6 Å². The van der Waals surface area contributed by atoms with Gasteiger partial charge < -0.3 is 54.0 Å². The number of benzene rings is 1. The third-order valence-corrected chi connectivity index (χ3v) is 8.43. The molecule has 0 fully saturated rings. The number of carboxylic acid groups (broad SMARTS) is 1. The number of aliphatic carboxylic acids is 1. The van der Waals surface area contributed by atoms with Crippen molar-refractivity contribution < 1.29 is 39.0 Å². The molecule has 0 saturated heterocycles. The van der Waals surface area contributed by atoms with Gasteiger partial charge in [0.05, 0.1) is 6.04 Å². The number of nitrogens with zero attached hydrogens (tertiary/aromatic N) is 1. The van der Waals surface area contributed by atoms with E-state index in [1.165, 1.54) is 30.8 Å². The Balaban J connectivity index is 3.14. The molecule has 17 nitrogen and oxygen atoms in total. The molecule has 18 heteroatoms. The van der Waals surface area contributed by atoms with Gasteiger partial charge in [-0.1, -0.05) is 39.8 Å². The zero-order valence-corrected chi connectivity index (χ0v) is 30.9. The summed E-state index contributed by atoms with van der Waals surface area (Å²) < 4.78 is 0. The predicted octanol–water partition coefficient (Wildman–Crippen LogP) is -1.09. The van der Waals surface area contributed by atoms with Crippen LogP contribution in [0.5, 0.6) is 5.75 Å². The lowest BCUT2D eigenvalue weighted by atomic mass is 9.98. The SMILES string of the molecule is CSCC[C@H](NC(=O)[C@@H](NC(=O)[C@@H](NC(=O)[C@H](Cc1ccc(O)cc1)NC(=O)[C@H](C)NC(=O)[C@@H](N)CCCN=C(N)N)C(C)C)C(C)C)C(=O)O. The number of nitrogens with one attached hydrogen (secondary N) is 5. The monoisotopic (exact) mass is 737 g/mol. The van der Waals surface area contributed by atoms with Gasteiger partial charge in [0.2, 0.25) is 29.5 Å². The van der Waals surface area contributed by atoms with Gasteiger partial charge in [-0.15, -0.1) is 0 Å². The fourth-order valence-corrected chi connectivity index (χ4v) is 5.20. The molecule has 13 N–H and O–H groups in total. The van der Waals surface area contributed by atoms with Crippen molar-refractivity contribution in [1.29, 1.82) is 0 Å². The Morgan fingerprint density at radius 1 is 0.745 bits per heavy atom. The van der Waals surface area contributed by atoms with Crippen LogP contribution in [0.2, 0.25) is 0 Å². The van der Waals surface area contributed by atoms with Crippen LogP contribution in [0.15, 0.2) is 29.3 Å². The normalized spacial score (nSPS) is 14.6. The Labute approximate surface area is 303 Å². The third-order valence-electron chi connectivity index (χ3n) is 7.78. The van der Waals surface area contributed by atoms with Crippen LogP contribution >= 0.6 is 11.8 Å². The molecule has 0 bridgehead atoms. The minimum absolute atomic E-state index is 0.00558. The van der Waals surface area contributed by atoms with Crippen molar-refractivity contribution in [3.05, 3.63) is 29.8 Å². The van der Waals surface area contributed by atoms with Crippen LogP contribution < -0.4 is 43.8 Å². The van der Waals surface area contributed by atoms with Crippen LogP contribution in [-0.4, -0.2) is 106 Å². The van der Waals surface area contributed by atoms with E-state index in [1.54, 1.807) is 39.8 Å². The van der Waals surface area contributed by atoms with Gasteiger partial charge in [-0.05, 0) is 67.7 Å². The number of nitrogens with two attached hydrogens (primary N) is 3. The predicted molar refractivity (Wildman–Crippen MR) is 195 cm³/mol. The number of carbonyl (C=O) groups is 6. The molecule has 286 valence electrons. The lowest BCUT2D eigenvalue weighted by Gasteiger charge is -2.29. The number of hydrogen-bond acceptors (Lipinski definition) is 10. The first-order chi connectivity index (χ1) is 23.9. The Morgan fingerprint density at radius 3 is 1.78 bits per heavy atom. The van der Waals surface area contributed by atoms with Gasteiger partial charge in [-0.2, -0.15) is 11.8 Å². The first kappa shape index (κ1) is 44.4. The van der Waals surface area contributed by atoms with E-state index in [4.69, 9.17) is 17.2 Å². The summed E-state index contributed by atoms with van der Waals surface area (Å²) in [5.74, 6) is -5.09. The highest BCUT2D eigenvalue weighted by molar-refractivity contribution is 7.98. The number of carbonyl (C=O) groups excluding carboxylic acids is 5. The van der Waals surface area contributed by atoms with Gasteiger partial charge in [0.25, 0.3) is 0 Å². The highest BCUT2D eigenvalue weighted by Gasteiger charge is 2.34. The number of rotatable bonds is 22. The molecule has 5 amide bonds. The topological polar surface area (TPSA) is 293 Å². The van der Waals surface area contributed by atoms with E-state index in [-0.39, 0.29) is 37.5 Å². The van der Waals surface area contributed by atoms with E-state index >= 15 is 0 Å². The number of amides is 5. The number of aliphatic imine (C=N–C) groups is 1. The number of hydrogen-bond donors (Lipinski definition) is 10. The van der Waals surface area contributed by atoms with Crippen molar-refractivity contribution in [1.82, 2.24) is 26.6 Å². The van der Waals surface area contributed by atoms with Crippen molar-refractivity contribution in [2.75, 3.05) is 18.6 Å². The summed E-state index contributed by atoms with van der Waals surface area (Å²) >= 11 is 1.43. The summed E-state index contributed by atoms with van der Waals surface area (Å²) in [7, 11) is 0. The number of aromatic hydroxyl groups is 1. The average molecular weight is 738 g/mol. The Bertz CT molecular complexity index is 1360. The Hall–Kier alpha value is -4.58. The summed E-state index contributed by atoms with van der Waals surface area (Å²) in [5.41, 5.74) is 17.1. The molecule has 0 spiro atoms. The summed E-state index contributed by atoms with van der Waals surface area (Å²) in [6, 6.07) is -0.732. The van der Waals surface area contributed by atoms with Crippen LogP contribution in [0.3, 0.4) is 0 Å². The molecule has 0 aliphatic heterocycles. The molecule has 0 aliphatic carbocycles. The van der Waals surface area contributed by atoms with E-state index in [0.29, 0.717) is 17.7 Å². The van der Waals surface area contributed by atoms with E-state index < -0.39 is 83.6 Å². The highest BCUT2D eigenvalue weighted by Crippen LogP contribution is 2.13. The van der Waals surface area contributed by atoms with E-state index in [9.17, 15) is 39.0 Å². The molecule has 0 aromatic heterocycles. The maximum absolute atomic E-state index is 13.8. The van der Waals surface area contributed by atoms with Crippen molar-refractivity contribution in [3.8, 4) is 5.75 Å². The largest absolute Gasteiger partial charge is 0.508 e. The molecule has 6 atom stereocenters. The number of guanidine groups is 1. The third kappa shape index (κ3) is 16.3. The lowest BCUT2D eigenvalue weighted by Crippen LogP contribution is -2.61. The summed E-state index contributed by atoms with van der Waals surface area (Å²) in [6.07, 6.45) is 2.64. The summed E-state index contributed by atoms with van der Waals surface area (Å²) in [6.45, 7) is 8.44. The van der Waals surface area contributed by atoms with Gasteiger partial charge in [0.15, 0.2) is 5.96 Å². The molecule has 1 aromatic carbocycles. The second kappa shape index (κ2) is 22.3. The number of thioether (sulfide) groups is 1. The summed E-state index contributed by atoms with van der Waals surface area (Å²) in [4.78, 5) is 81.9. The zero-order valence-electron chi connectivity index (χ0n) is 30.1. The second-order valence-corrected chi connectivity index (χ2v) is 13.8. The minimum atomic E-state index is -1.24. The molecule has 0 aliphatic rings. The van der Waals surface area contributed by atoms with Gasteiger partial charge in [0.1, 0.15) is 36.0 Å². The van der Waals surface area contributed by atoms with Gasteiger partial charge in [-0.25, -0.2) is 4.79 Å². The van der Waals surface area contributed by atoms with Crippen molar-refractivity contribution >= 4 is 53.2 Å². The molecule has 1 aromatic rings. The van der Waals surface area contributed by atoms with Gasteiger partial charge in [-0.3, -0.25) is 29.0 Å². The smallest absolute Gasteiger partial charge is 0.326 e. The van der Waals surface area contributed by atoms with Crippen molar-refractivity contribution in [3.63, 3.8) is 0 Å². The number of carboxylic acids is 1. The average Bonchev–Trinajstić information content (AvgIpc) is 3.05. The maximum Gasteiger partial charge on any atom is 0.326 e. The molecule has 0 radical (unpaired) electrons. The molecule has 1 rings (SSSR count). The minimum Gasteiger partial charge on any atom is -0.508 e. The van der Waals surface area contributed by atoms with Crippen molar-refractivity contribution in [2.24, 2.45) is 34.0 Å². The zero-order chi connectivity index (χ0) is 38.8. The lowest BCUT2D eigenvalue weighted by molar-refractivity contribution is -0.142. The molecule has 0 heterocycles. The van der Waals surface area contributed by atoms with Crippen LogP contribution in [-0.2, 0) is 35.2 Å². The van der Waals surface area contributed by atoms with Gasteiger partial charge >= 0.3 is 5.97 Å². The van der Waals surface area contributed by atoms with E-state index in [0.717, 1.165) is 0 Å². The van der Waals surface area contributed by atoms with Crippen molar-refractivity contribution in [2.45, 2.75) is 96.6 Å². The Kier molecular flexibility index (Phi) is 19.4. The van der Waals surface area contributed by atoms with E-state index in [1.807, 2.05) is 6.26 Å². The number of phenolic OH excluding ortho intramolecular Hbond substituents is 1. The molecular weight excluding hydrogens is 682 g/mol. The first-order valence-corrected chi connectivity index (χ1v) is 18.1. The highest BCUT2D eigenvalue weighted by atomic mass is 32.2. The van der Waals surface area contributed by atoms with Crippen LogP contribution in [0.4, 0.5) is 0 Å². The standard InChI is InChI=1S/C33H55N9O8S/c1-17(2)25(30(47)39-23(32(49)50)13-15-51-6)42-31(48)26(18(3)4)41-29(46)24(16-20-9-11-21(43)12-10-20)40-27(44)19(5)38-28(45)22(34)8-7-14-37-33(35)36/h9-12,17-19,22-26,43H,7-8,13-16,34H2,1-6H3,(H,38,45)(H,39,47)(H,40,44)(H,41,46)(H,42,48)(H,49,50)(H4,35,36,37)/t19-,22-,23-,24-,25-,26-/m0/s1. The first-order valence-electron chi connectivity index (χ1n) is 16.7.